The van der Waals surface area contributed by atoms with Crippen molar-refractivity contribution >= 4 is 75.7 Å². The van der Waals surface area contributed by atoms with Crippen molar-refractivity contribution in [3.05, 3.63) is 68.7 Å². The number of nitrogens with zero attached hydrogens (tertiary/aromatic N) is 4. The number of rotatable bonds is 17. The predicted molar refractivity (Wildman–Crippen MR) is 183 cm³/mol. The number of unbranched alkanes of at least 4 members (excludes halogenated alkanes) is 4. The van der Waals surface area contributed by atoms with Gasteiger partial charge in [-0.2, -0.15) is 0 Å². The molecule has 0 bridgehead atoms. The molecule has 45 heavy (non-hydrogen) atoms. The van der Waals surface area contributed by atoms with Gasteiger partial charge in [0.05, 0.1) is 41.1 Å². The van der Waals surface area contributed by atoms with Crippen LogP contribution in [0, 0.1) is 6.92 Å². The summed E-state index contributed by atoms with van der Waals surface area (Å²) in [5.41, 5.74) is 5.22. The lowest BCUT2D eigenvalue weighted by Crippen LogP contribution is -2.36. The van der Waals surface area contributed by atoms with E-state index in [9.17, 15) is 9.59 Å². The van der Waals surface area contributed by atoms with Gasteiger partial charge in [0.25, 0.3) is 12.3 Å². The van der Waals surface area contributed by atoms with Crippen molar-refractivity contribution in [3.8, 4) is 0 Å². The SMILES string of the molecule is CCN1C(=CC=Cc2n(CC)c3cc(Cl)c(C)cc3[n+]2CCCCCC(=O)O)N(CCCCCOC=O)c2cc(Cl)c(Cl)cc21. The van der Waals surface area contributed by atoms with Crippen LogP contribution in [0.3, 0.4) is 0 Å². The van der Waals surface area contributed by atoms with Crippen molar-refractivity contribution in [3.63, 3.8) is 0 Å². The van der Waals surface area contributed by atoms with Gasteiger partial charge in [-0.1, -0.05) is 40.9 Å². The number of carboxylic acid groups (broad SMARTS) is 1. The van der Waals surface area contributed by atoms with Gasteiger partial charge in [-0.15, -0.1) is 0 Å². The highest BCUT2D eigenvalue weighted by molar-refractivity contribution is 6.42. The Labute approximate surface area is 280 Å². The van der Waals surface area contributed by atoms with E-state index in [4.69, 9.17) is 44.6 Å². The number of benzene rings is 2. The molecule has 0 unspecified atom stereocenters. The van der Waals surface area contributed by atoms with E-state index in [1.165, 1.54) is 0 Å². The highest BCUT2D eigenvalue weighted by Crippen LogP contribution is 2.45. The van der Waals surface area contributed by atoms with Gasteiger partial charge in [0, 0.05) is 36.7 Å². The monoisotopic (exact) mass is 675 g/mol. The second-order valence-corrected chi connectivity index (χ2v) is 12.3. The molecule has 0 fully saturated rings. The first-order valence-corrected chi connectivity index (χ1v) is 16.8. The number of imidazole rings is 1. The van der Waals surface area contributed by atoms with Gasteiger partial charge in [-0.05, 0) is 89.1 Å². The minimum absolute atomic E-state index is 0.187. The summed E-state index contributed by atoms with van der Waals surface area (Å²) in [6.07, 6.45) is 11.5. The van der Waals surface area contributed by atoms with Crippen molar-refractivity contribution in [1.82, 2.24) is 4.57 Å². The average Bonchev–Trinajstić information content (AvgIpc) is 3.44. The third kappa shape index (κ3) is 8.15. The molecule has 242 valence electrons. The van der Waals surface area contributed by atoms with Crippen LogP contribution in [0.25, 0.3) is 17.1 Å². The summed E-state index contributed by atoms with van der Waals surface area (Å²) in [5.74, 6) is 1.33. The fourth-order valence-electron chi connectivity index (χ4n) is 5.95. The Kier molecular flexibility index (Phi) is 12.6. The van der Waals surface area contributed by atoms with E-state index in [-0.39, 0.29) is 6.42 Å². The quantitative estimate of drug-likeness (QED) is 0.0879. The second kappa shape index (κ2) is 16.4. The fraction of sp³-hybridized carbons (Fsp3) is 0.441. The van der Waals surface area contributed by atoms with E-state index in [2.05, 4.69) is 57.1 Å². The van der Waals surface area contributed by atoms with Gasteiger partial charge < -0.3 is 19.6 Å². The molecule has 1 aromatic heterocycles. The number of carbonyl (C=O) groups excluding carboxylic acids is 1. The van der Waals surface area contributed by atoms with Crippen LogP contribution in [0.5, 0.6) is 0 Å². The molecular weight excluding hydrogens is 635 g/mol. The number of fused-ring (bicyclic) bond motifs is 2. The average molecular weight is 677 g/mol. The fourth-order valence-corrected chi connectivity index (χ4v) is 6.42. The van der Waals surface area contributed by atoms with Crippen molar-refractivity contribution < 1.29 is 24.0 Å². The molecule has 0 saturated carbocycles. The summed E-state index contributed by atoms with van der Waals surface area (Å²) in [7, 11) is 0. The molecule has 1 aliphatic rings. The van der Waals surface area contributed by atoms with Gasteiger partial charge >= 0.3 is 5.97 Å². The standard InChI is InChI=1S/C34H41Cl3N4O4/c1-4-38-29-20-25(35)24(3)19-28(29)40(16-9-6-8-15-34(43)44)32(38)13-12-14-33-39(5-2)30-21-26(36)27(37)22-31(30)41(33)17-10-7-11-18-45-23-42/h12-14,19-23H,4-11,15-18H2,1-3H3/p+1. The van der Waals surface area contributed by atoms with E-state index < -0.39 is 5.97 Å². The molecule has 2 heterocycles. The number of aryl methyl sites for hydroxylation is 3. The molecule has 0 spiro atoms. The lowest BCUT2D eigenvalue weighted by Gasteiger charge is -2.24. The van der Waals surface area contributed by atoms with Crippen LogP contribution in [0.15, 0.2) is 42.2 Å². The third-order valence-corrected chi connectivity index (χ3v) is 9.28. The topological polar surface area (TPSA) is 78.9 Å². The van der Waals surface area contributed by atoms with Crippen molar-refractivity contribution in [2.75, 3.05) is 29.5 Å². The smallest absolute Gasteiger partial charge is 0.303 e. The highest BCUT2D eigenvalue weighted by Gasteiger charge is 2.31. The first kappa shape index (κ1) is 34.7. The Balaban J connectivity index is 1.70. The maximum atomic E-state index is 11.0. The van der Waals surface area contributed by atoms with Crippen molar-refractivity contribution in [2.24, 2.45) is 0 Å². The van der Waals surface area contributed by atoms with E-state index in [0.717, 1.165) is 103 Å². The van der Waals surface area contributed by atoms with E-state index in [1.54, 1.807) is 0 Å². The van der Waals surface area contributed by atoms with Crippen LogP contribution in [0.2, 0.25) is 15.1 Å². The molecule has 0 atom stereocenters. The molecule has 1 aliphatic heterocycles. The van der Waals surface area contributed by atoms with Crippen molar-refractivity contribution in [2.45, 2.75) is 78.8 Å². The number of hydrogen-bond acceptors (Lipinski definition) is 5. The van der Waals surface area contributed by atoms with E-state index in [0.29, 0.717) is 29.5 Å². The second-order valence-electron chi connectivity index (χ2n) is 11.1. The number of allylic oxidation sites excluding steroid dienone is 2. The minimum Gasteiger partial charge on any atom is -0.481 e. The summed E-state index contributed by atoms with van der Waals surface area (Å²) in [6, 6.07) is 8.03. The maximum Gasteiger partial charge on any atom is 0.303 e. The molecule has 11 heteroatoms. The summed E-state index contributed by atoms with van der Waals surface area (Å²) >= 11 is 19.5. The van der Waals surface area contributed by atoms with Gasteiger partial charge in [0.15, 0.2) is 11.0 Å². The lowest BCUT2D eigenvalue weighted by atomic mass is 10.2. The number of halogens is 3. The predicted octanol–water partition coefficient (Wildman–Crippen LogP) is 8.41. The summed E-state index contributed by atoms with van der Waals surface area (Å²) in [6.45, 7) is 10.2. The molecule has 0 aliphatic carbocycles. The summed E-state index contributed by atoms with van der Waals surface area (Å²) in [4.78, 5) is 26.0. The lowest BCUT2D eigenvalue weighted by molar-refractivity contribution is -0.674. The number of ether oxygens (including phenoxy) is 1. The first-order valence-electron chi connectivity index (χ1n) is 15.6. The Bertz CT molecular complexity index is 1580. The van der Waals surface area contributed by atoms with Crippen LogP contribution < -0.4 is 14.4 Å². The van der Waals surface area contributed by atoms with Crippen LogP contribution >= 0.6 is 34.8 Å². The first-order chi connectivity index (χ1) is 21.7. The third-order valence-electron chi connectivity index (χ3n) is 8.15. The van der Waals surface area contributed by atoms with Gasteiger partial charge in [0.1, 0.15) is 5.82 Å². The van der Waals surface area contributed by atoms with Crippen LogP contribution in [0.1, 0.15) is 70.2 Å². The normalized spacial score (nSPS) is 13.9. The number of anilines is 2. The largest absolute Gasteiger partial charge is 0.481 e. The molecule has 0 saturated heterocycles. The zero-order chi connectivity index (χ0) is 32.5. The van der Waals surface area contributed by atoms with Gasteiger partial charge in [-0.25, -0.2) is 9.13 Å². The maximum absolute atomic E-state index is 11.0. The number of carbonyl (C=O) groups is 2. The molecule has 3 aromatic rings. The van der Waals surface area contributed by atoms with E-state index in [1.807, 2.05) is 25.1 Å². The summed E-state index contributed by atoms with van der Waals surface area (Å²) < 4.78 is 9.45. The molecular formula is C34H42Cl3N4O4+. The highest BCUT2D eigenvalue weighted by atomic mass is 35.5. The Morgan fingerprint density at radius 3 is 2.29 bits per heavy atom. The number of aromatic nitrogens is 2. The molecule has 1 N–H and O–H groups in total. The van der Waals surface area contributed by atoms with Gasteiger partial charge in [-0.3, -0.25) is 9.59 Å². The van der Waals surface area contributed by atoms with Gasteiger partial charge in [0.2, 0.25) is 0 Å². The van der Waals surface area contributed by atoms with Crippen LogP contribution in [-0.4, -0.2) is 41.8 Å². The Morgan fingerprint density at radius 2 is 1.62 bits per heavy atom. The minimum atomic E-state index is -0.757. The number of carboxylic acids is 1. The number of hydrogen-bond donors (Lipinski definition) is 1. The van der Waals surface area contributed by atoms with E-state index >= 15 is 0 Å². The molecule has 4 rings (SSSR count). The zero-order valence-corrected chi connectivity index (χ0v) is 28.5. The molecule has 8 nitrogen and oxygen atoms in total. The van der Waals surface area contributed by atoms with Crippen LogP contribution in [0.4, 0.5) is 11.4 Å². The summed E-state index contributed by atoms with van der Waals surface area (Å²) in [5, 5.41) is 10.8. The van der Waals surface area contributed by atoms with Crippen LogP contribution in [-0.2, 0) is 27.4 Å². The molecule has 0 radical (unpaired) electrons. The Morgan fingerprint density at radius 1 is 0.911 bits per heavy atom. The zero-order valence-electron chi connectivity index (χ0n) is 26.2. The Hall–Kier alpha value is -3.20. The van der Waals surface area contributed by atoms with Crippen molar-refractivity contribution in [1.29, 1.82) is 0 Å². The molecule has 0 amide bonds. The molecule has 2 aromatic carbocycles. The number of aliphatic carboxylic acids is 1.